The summed E-state index contributed by atoms with van der Waals surface area (Å²) in [6.45, 7) is 6.55. The van der Waals surface area contributed by atoms with Crippen molar-refractivity contribution in [1.29, 1.82) is 0 Å². The highest BCUT2D eigenvalue weighted by Crippen LogP contribution is 2.71. The third-order valence-corrected chi connectivity index (χ3v) is 9.75. The number of rotatable bonds is 6. The maximum absolute atomic E-state index is 17.3. The van der Waals surface area contributed by atoms with Gasteiger partial charge in [-0.25, -0.2) is 4.39 Å². The van der Waals surface area contributed by atoms with Gasteiger partial charge in [0.25, 0.3) is 0 Å². The zero-order valence-corrected chi connectivity index (χ0v) is 20.6. The Morgan fingerprint density at radius 3 is 2.62 bits per heavy atom. The van der Waals surface area contributed by atoms with Crippen LogP contribution in [-0.4, -0.2) is 51.7 Å². The van der Waals surface area contributed by atoms with E-state index in [1.54, 1.807) is 13.0 Å². The number of hydrogen-bond donors (Lipinski definition) is 2. The van der Waals surface area contributed by atoms with Crippen molar-refractivity contribution in [2.45, 2.75) is 90.0 Å². The molecule has 0 unspecified atom stereocenters. The molecule has 34 heavy (non-hydrogen) atoms. The number of alkyl halides is 1. The number of esters is 1. The predicted molar refractivity (Wildman–Crippen MR) is 123 cm³/mol. The van der Waals surface area contributed by atoms with E-state index in [4.69, 9.17) is 4.74 Å². The first-order valence-electron chi connectivity index (χ1n) is 12.6. The average Bonchev–Trinajstić information content (AvgIpc) is 3.00. The van der Waals surface area contributed by atoms with Gasteiger partial charge < -0.3 is 14.9 Å². The highest BCUT2D eigenvalue weighted by atomic mass is 19.1. The fourth-order valence-corrected chi connectivity index (χ4v) is 8.07. The van der Waals surface area contributed by atoms with Gasteiger partial charge in [-0.15, -0.1) is 0 Å². The second-order valence-corrected chi connectivity index (χ2v) is 11.3. The normalized spacial score (nSPS) is 45.1. The van der Waals surface area contributed by atoms with Crippen LogP contribution in [0.3, 0.4) is 0 Å². The zero-order chi connectivity index (χ0) is 25.1. The summed E-state index contributed by atoms with van der Waals surface area (Å²) in [5.74, 6) is -2.62. The Kier molecular flexibility index (Phi) is 6.21. The third-order valence-electron chi connectivity index (χ3n) is 9.75. The first kappa shape index (κ1) is 25.2. The van der Waals surface area contributed by atoms with E-state index in [0.29, 0.717) is 31.3 Å². The van der Waals surface area contributed by atoms with Crippen LogP contribution in [0.25, 0.3) is 0 Å². The van der Waals surface area contributed by atoms with Gasteiger partial charge in [0.05, 0.1) is 6.10 Å². The molecule has 188 valence electrons. The Labute approximate surface area is 200 Å². The molecule has 0 amide bonds. The summed E-state index contributed by atoms with van der Waals surface area (Å²) in [4.78, 5) is 38.1. The number of fused-ring (bicyclic) bond motifs is 5. The molecule has 0 bridgehead atoms. The minimum Gasteiger partial charge on any atom is -0.450 e. The van der Waals surface area contributed by atoms with E-state index in [2.05, 4.69) is 0 Å². The van der Waals surface area contributed by atoms with E-state index in [1.807, 2.05) is 20.8 Å². The molecule has 3 saturated carbocycles. The molecule has 6 nitrogen and oxygen atoms in total. The highest BCUT2D eigenvalue weighted by Gasteiger charge is 2.77. The van der Waals surface area contributed by atoms with Crippen molar-refractivity contribution in [3.63, 3.8) is 0 Å². The summed E-state index contributed by atoms with van der Waals surface area (Å²) in [5.41, 5.74) is -5.11. The molecule has 2 N–H and O–H groups in total. The van der Waals surface area contributed by atoms with E-state index in [9.17, 15) is 24.6 Å². The Morgan fingerprint density at radius 2 is 1.97 bits per heavy atom. The van der Waals surface area contributed by atoms with Crippen molar-refractivity contribution < 1.29 is 33.7 Å². The number of ether oxygens (including phenoxy) is 1. The van der Waals surface area contributed by atoms with Crippen molar-refractivity contribution in [2.75, 3.05) is 6.61 Å². The topological polar surface area (TPSA) is 101 Å². The average molecular weight is 477 g/mol. The lowest BCUT2D eigenvalue weighted by atomic mass is 9.44. The summed E-state index contributed by atoms with van der Waals surface area (Å²) in [7, 11) is 0. The largest absolute Gasteiger partial charge is 0.450 e. The van der Waals surface area contributed by atoms with Crippen LogP contribution in [0, 0.1) is 28.6 Å². The van der Waals surface area contributed by atoms with Crippen LogP contribution in [0.2, 0.25) is 0 Å². The summed E-state index contributed by atoms with van der Waals surface area (Å²) in [6, 6.07) is 0. The maximum Gasteiger partial charge on any atom is 0.306 e. The number of carbonyl (C=O) groups is 3. The number of Topliss-reactive ketones (excluding diaryl/α,β-unsaturated/α-hetero) is 1. The SMILES string of the molecule is CCCCC(=O)O[C@@]1(C(=O)CO)[C@@H](C)C[C@H]2[C@@H]3CCC4=CC(=O)C=C[C@]4(C)[C@@]3(F)[C@@H](O)C[C@@]21C. The number of unbranched alkanes of at least 4 members (excludes halogenated alkanes) is 1. The predicted octanol–water partition coefficient (Wildman–Crippen LogP) is 3.64. The number of carbonyl (C=O) groups excluding carboxylic acids is 3. The fourth-order valence-electron chi connectivity index (χ4n) is 8.07. The van der Waals surface area contributed by atoms with E-state index in [1.165, 1.54) is 12.2 Å². The maximum atomic E-state index is 17.3. The molecule has 7 heteroatoms. The third kappa shape index (κ3) is 3.08. The summed E-state index contributed by atoms with van der Waals surface area (Å²) >= 11 is 0. The molecule has 4 aliphatic rings. The van der Waals surface area contributed by atoms with Gasteiger partial charge in [-0.3, -0.25) is 14.4 Å². The van der Waals surface area contributed by atoms with Gasteiger partial charge in [0.15, 0.2) is 17.1 Å². The number of ketones is 2. The minimum atomic E-state index is -2.03. The van der Waals surface area contributed by atoms with Crippen LogP contribution in [-0.2, 0) is 19.1 Å². The lowest BCUT2D eigenvalue weighted by Gasteiger charge is -2.62. The standard InChI is InChI=1S/C27H37FO6/c1-5-6-7-23(33)34-27(22(32)15-29)16(2)12-20-19-9-8-17-13-18(30)10-11-24(17,3)26(19,28)21(31)14-25(20,27)4/h10-11,13,16,19-21,29,31H,5-9,12,14-15H2,1-4H3/t16-,19-,20-,21-,24-,25-,26-,27+/m0/s1. The molecule has 0 aromatic carbocycles. The first-order valence-corrected chi connectivity index (χ1v) is 12.6. The number of allylic oxidation sites excluding steroid dienone is 4. The van der Waals surface area contributed by atoms with Crippen LogP contribution >= 0.6 is 0 Å². The second-order valence-electron chi connectivity index (χ2n) is 11.3. The van der Waals surface area contributed by atoms with Crippen LogP contribution in [0.15, 0.2) is 23.8 Å². The summed E-state index contributed by atoms with van der Waals surface area (Å²) < 4.78 is 23.3. The van der Waals surface area contributed by atoms with E-state index in [-0.39, 0.29) is 24.5 Å². The van der Waals surface area contributed by atoms with Gasteiger partial charge in [0.2, 0.25) is 5.78 Å². The van der Waals surface area contributed by atoms with Crippen LogP contribution in [0.1, 0.15) is 72.6 Å². The second kappa shape index (κ2) is 8.37. The zero-order valence-electron chi connectivity index (χ0n) is 20.6. The van der Waals surface area contributed by atoms with Crippen LogP contribution in [0.4, 0.5) is 4.39 Å². The van der Waals surface area contributed by atoms with E-state index >= 15 is 4.39 Å². The molecule has 0 aliphatic heterocycles. The fraction of sp³-hybridized carbons (Fsp3) is 0.741. The molecule has 0 spiro atoms. The van der Waals surface area contributed by atoms with E-state index in [0.717, 1.165) is 6.42 Å². The minimum absolute atomic E-state index is 0.0769. The van der Waals surface area contributed by atoms with Crippen molar-refractivity contribution in [2.24, 2.45) is 28.6 Å². The Hall–Kier alpha value is -1.86. The van der Waals surface area contributed by atoms with Gasteiger partial charge in [0.1, 0.15) is 6.61 Å². The summed E-state index contributed by atoms with van der Waals surface area (Å²) in [6.07, 6.45) is 5.92. The lowest BCUT2D eigenvalue weighted by molar-refractivity contribution is -0.228. The Balaban J connectivity index is 1.80. The highest BCUT2D eigenvalue weighted by molar-refractivity contribution is 6.01. The van der Waals surface area contributed by atoms with Gasteiger partial charge in [-0.2, -0.15) is 0 Å². The van der Waals surface area contributed by atoms with Gasteiger partial charge in [-0.1, -0.05) is 38.8 Å². The smallest absolute Gasteiger partial charge is 0.306 e. The first-order chi connectivity index (χ1) is 15.9. The van der Waals surface area contributed by atoms with Crippen LogP contribution < -0.4 is 0 Å². The van der Waals surface area contributed by atoms with Crippen molar-refractivity contribution in [3.8, 4) is 0 Å². The Morgan fingerprint density at radius 1 is 1.26 bits per heavy atom. The van der Waals surface area contributed by atoms with Gasteiger partial charge >= 0.3 is 5.97 Å². The number of aliphatic hydroxyl groups excluding tert-OH is 2. The van der Waals surface area contributed by atoms with Crippen molar-refractivity contribution >= 4 is 17.5 Å². The monoisotopic (exact) mass is 476 g/mol. The van der Waals surface area contributed by atoms with Crippen molar-refractivity contribution in [3.05, 3.63) is 23.8 Å². The number of hydrogen-bond acceptors (Lipinski definition) is 6. The molecule has 0 heterocycles. The number of aliphatic hydroxyl groups is 2. The molecule has 4 aliphatic carbocycles. The van der Waals surface area contributed by atoms with Gasteiger partial charge in [-0.05, 0) is 57.1 Å². The molecular formula is C27H37FO6. The van der Waals surface area contributed by atoms with Gasteiger partial charge in [0, 0.05) is 29.1 Å². The molecule has 0 aromatic rings. The molecule has 4 rings (SSSR count). The van der Waals surface area contributed by atoms with Crippen LogP contribution in [0.5, 0.6) is 0 Å². The number of halogens is 1. The molecule has 0 radical (unpaired) electrons. The molecule has 8 atom stereocenters. The van der Waals surface area contributed by atoms with E-state index < -0.39 is 58.4 Å². The molecule has 0 aromatic heterocycles. The lowest BCUT2D eigenvalue weighted by Crippen LogP contribution is -2.70. The molecular weight excluding hydrogens is 439 g/mol. The quantitative estimate of drug-likeness (QED) is 0.568. The Bertz CT molecular complexity index is 957. The summed E-state index contributed by atoms with van der Waals surface area (Å²) in [5, 5.41) is 21.4. The molecule has 0 saturated heterocycles. The molecule has 3 fully saturated rings. The van der Waals surface area contributed by atoms with Crippen molar-refractivity contribution in [1.82, 2.24) is 0 Å².